The predicted molar refractivity (Wildman–Crippen MR) is 85.8 cm³/mol. The maximum Gasteiger partial charge on any atom is 0.0454 e. The first-order chi connectivity index (χ1) is 9.02. The molecule has 4 heteroatoms. The Balaban J connectivity index is 2.29. The number of likely N-dealkylation sites (N-methyl/N-ethyl adjacent to an activating group) is 1. The van der Waals surface area contributed by atoms with E-state index in [2.05, 4.69) is 25.2 Å². The van der Waals surface area contributed by atoms with Gasteiger partial charge in [-0.15, -0.1) is 11.3 Å². The van der Waals surface area contributed by atoms with E-state index >= 15 is 0 Å². The molecule has 19 heavy (non-hydrogen) atoms. The summed E-state index contributed by atoms with van der Waals surface area (Å²) in [7, 11) is 1.97. The van der Waals surface area contributed by atoms with Gasteiger partial charge in [0.15, 0.2) is 0 Å². The van der Waals surface area contributed by atoms with Gasteiger partial charge in [0.2, 0.25) is 0 Å². The molecular formula is C15H17Cl2NS. The van der Waals surface area contributed by atoms with Crippen molar-refractivity contribution < 1.29 is 0 Å². The molecular weight excluding hydrogens is 297 g/mol. The van der Waals surface area contributed by atoms with Gasteiger partial charge in [0.25, 0.3) is 0 Å². The van der Waals surface area contributed by atoms with E-state index in [-0.39, 0.29) is 6.04 Å². The van der Waals surface area contributed by atoms with Crippen molar-refractivity contribution in [1.29, 1.82) is 0 Å². The standard InChI is InChI=1S/C15H17Cl2NS/c1-9-7-15(19-10(9)2)14(18-3)8-11-12(16)5-4-6-13(11)17/h4-7,14,18H,8H2,1-3H3. The van der Waals surface area contributed by atoms with E-state index in [0.717, 1.165) is 22.0 Å². The first kappa shape index (κ1) is 14.9. The van der Waals surface area contributed by atoms with Crippen LogP contribution in [0, 0.1) is 13.8 Å². The molecule has 1 heterocycles. The molecule has 1 nitrogen and oxygen atoms in total. The number of hydrogen-bond donors (Lipinski definition) is 1. The van der Waals surface area contributed by atoms with Crippen molar-refractivity contribution in [3.8, 4) is 0 Å². The molecule has 2 aromatic rings. The molecule has 1 aromatic heterocycles. The zero-order chi connectivity index (χ0) is 14.0. The van der Waals surface area contributed by atoms with Crippen LogP contribution in [0.1, 0.15) is 26.9 Å². The average molecular weight is 314 g/mol. The lowest BCUT2D eigenvalue weighted by atomic mass is 10.0. The van der Waals surface area contributed by atoms with Gasteiger partial charge in [0.1, 0.15) is 0 Å². The van der Waals surface area contributed by atoms with Gasteiger partial charge >= 0.3 is 0 Å². The number of thiophene rings is 1. The van der Waals surface area contributed by atoms with Crippen LogP contribution in [0.4, 0.5) is 0 Å². The van der Waals surface area contributed by atoms with Crippen LogP contribution < -0.4 is 5.32 Å². The van der Waals surface area contributed by atoms with Crippen molar-refractivity contribution in [2.24, 2.45) is 0 Å². The van der Waals surface area contributed by atoms with Crippen molar-refractivity contribution in [3.05, 3.63) is 55.2 Å². The molecule has 1 unspecified atom stereocenters. The third kappa shape index (κ3) is 3.32. The Hall–Kier alpha value is -0.540. The van der Waals surface area contributed by atoms with Crippen molar-refractivity contribution >= 4 is 34.5 Å². The molecule has 1 aromatic carbocycles. The summed E-state index contributed by atoms with van der Waals surface area (Å²) in [5.41, 5.74) is 2.35. The Labute approximate surface area is 128 Å². The molecule has 0 fully saturated rings. The van der Waals surface area contributed by atoms with Crippen molar-refractivity contribution in [1.82, 2.24) is 5.32 Å². The molecule has 0 aliphatic rings. The minimum Gasteiger partial charge on any atom is -0.312 e. The van der Waals surface area contributed by atoms with Gasteiger partial charge < -0.3 is 5.32 Å². The average Bonchev–Trinajstić information content (AvgIpc) is 2.69. The Bertz CT molecular complexity index is 538. The maximum absolute atomic E-state index is 6.25. The lowest BCUT2D eigenvalue weighted by Gasteiger charge is -2.16. The minimum absolute atomic E-state index is 0.245. The number of hydrogen-bond acceptors (Lipinski definition) is 2. The molecule has 102 valence electrons. The Kier molecular flexibility index (Phi) is 4.91. The Morgan fingerprint density at radius 3 is 2.32 bits per heavy atom. The van der Waals surface area contributed by atoms with Crippen molar-refractivity contribution in [3.63, 3.8) is 0 Å². The third-order valence-electron chi connectivity index (χ3n) is 3.35. The molecule has 0 aliphatic carbocycles. The fraction of sp³-hybridized carbons (Fsp3) is 0.333. The van der Waals surface area contributed by atoms with Gasteiger partial charge in [-0.05, 0) is 56.6 Å². The van der Waals surface area contributed by atoms with Gasteiger partial charge in [-0.1, -0.05) is 29.3 Å². The molecule has 1 atom stereocenters. The van der Waals surface area contributed by atoms with Gasteiger partial charge in [0.05, 0.1) is 0 Å². The van der Waals surface area contributed by atoms with Gasteiger partial charge in [-0.25, -0.2) is 0 Å². The highest BCUT2D eigenvalue weighted by molar-refractivity contribution is 7.12. The van der Waals surface area contributed by atoms with Gasteiger partial charge in [0, 0.05) is 25.8 Å². The number of halogens is 2. The van der Waals surface area contributed by atoms with Crippen LogP contribution in [-0.4, -0.2) is 7.05 Å². The summed E-state index contributed by atoms with van der Waals surface area (Å²) in [6.07, 6.45) is 0.800. The van der Waals surface area contributed by atoms with Gasteiger partial charge in [-0.3, -0.25) is 0 Å². The smallest absolute Gasteiger partial charge is 0.0454 e. The zero-order valence-electron chi connectivity index (χ0n) is 11.3. The van der Waals surface area contributed by atoms with E-state index in [4.69, 9.17) is 23.2 Å². The summed E-state index contributed by atoms with van der Waals surface area (Å²) in [6, 6.07) is 8.14. The number of benzene rings is 1. The second-order valence-corrected chi connectivity index (χ2v) is 6.74. The third-order valence-corrected chi connectivity index (χ3v) is 5.32. The molecule has 1 N–H and O–H groups in total. The van der Waals surface area contributed by atoms with E-state index in [1.807, 2.05) is 36.6 Å². The maximum atomic E-state index is 6.25. The van der Waals surface area contributed by atoms with E-state index in [0.29, 0.717) is 0 Å². The highest BCUT2D eigenvalue weighted by Crippen LogP contribution is 2.32. The van der Waals surface area contributed by atoms with Crippen LogP contribution in [0.5, 0.6) is 0 Å². The summed E-state index contributed by atoms with van der Waals surface area (Å²) in [5.74, 6) is 0. The largest absolute Gasteiger partial charge is 0.312 e. The summed E-state index contributed by atoms with van der Waals surface area (Å²) < 4.78 is 0. The molecule has 0 amide bonds. The molecule has 0 radical (unpaired) electrons. The Morgan fingerprint density at radius 1 is 1.21 bits per heavy atom. The SMILES string of the molecule is CNC(Cc1c(Cl)cccc1Cl)c1cc(C)c(C)s1. The summed E-state index contributed by atoms with van der Waals surface area (Å²) in [4.78, 5) is 2.69. The highest BCUT2D eigenvalue weighted by atomic mass is 35.5. The topological polar surface area (TPSA) is 12.0 Å². The lowest BCUT2D eigenvalue weighted by molar-refractivity contribution is 0.602. The fourth-order valence-electron chi connectivity index (χ4n) is 2.05. The van der Waals surface area contributed by atoms with Crippen molar-refractivity contribution in [2.75, 3.05) is 7.05 Å². The van der Waals surface area contributed by atoms with Crippen LogP contribution in [0.25, 0.3) is 0 Å². The predicted octanol–water partition coefficient (Wildman–Crippen LogP) is 5.17. The zero-order valence-corrected chi connectivity index (χ0v) is 13.6. The van der Waals surface area contributed by atoms with E-state index in [9.17, 15) is 0 Å². The van der Waals surface area contributed by atoms with Crippen LogP contribution in [0.2, 0.25) is 10.0 Å². The quantitative estimate of drug-likeness (QED) is 0.820. The van der Waals surface area contributed by atoms with Crippen LogP contribution in [0.3, 0.4) is 0 Å². The van der Waals surface area contributed by atoms with Crippen LogP contribution in [-0.2, 0) is 6.42 Å². The summed E-state index contributed by atoms with van der Waals surface area (Å²) >= 11 is 14.3. The van der Waals surface area contributed by atoms with Crippen molar-refractivity contribution in [2.45, 2.75) is 26.3 Å². The van der Waals surface area contributed by atoms with E-state index in [1.54, 1.807) is 0 Å². The normalized spacial score (nSPS) is 12.7. The number of nitrogens with one attached hydrogen (secondary N) is 1. The molecule has 0 spiro atoms. The molecule has 0 aliphatic heterocycles. The Morgan fingerprint density at radius 2 is 1.84 bits per heavy atom. The molecule has 0 saturated heterocycles. The minimum atomic E-state index is 0.245. The van der Waals surface area contributed by atoms with Crippen LogP contribution in [0.15, 0.2) is 24.3 Å². The summed E-state index contributed by atoms with van der Waals surface area (Å²) in [5, 5.41) is 4.82. The second-order valence-electron chi connectivity index (χ2n) is 4.63. The molecule has 2 rings (SSSR count). The number of rotatable bonds is 4. The summed E-state index contributed by atoms with van der Waals surface area (Å²) in [6.45, 7) is 4.29. The highest BCUT2D eigenvalue weighted by Gasteiger charge is 2.17. The fourth-order valence-corrected chi connectivity index (χ4v) is 3.75. The monoisotopic (exact) mass is 313 g/mol. The second kappa shape index (κ2) is 6.27. The van der Waals surface area contributed by atoms with Gasteiger partial charge in [-0.2, -0.15) is 0 Å². The first-order valence-electron chi connectivity index (χ1n) is 6.20. The molecule has 0 bridgehead atoms. The molecule has 0 saturated carbocycles. The van der Waals surface area contributed by atoms with E-state index < -0.39 is 0 Å². The van der Waals surface area contributed by atoms with E-state index in [1.165, 1.54) is 15.3 Å². The number of aryl methyl sites for hydroxylation is 2. The first-order valence-corrected chi connectivity index (χ1v) is 7.77. The lowest BCUT2D eigenvalue weighted by Crippen LogP contribution is -2.18. The van der Waals surface area contributed by atoms with Crippen LogP contribution >= 0.6 is 34.5 Å².